The number of carbonyl (C=O) groups is 1. The van der Waals surface area contributed by atoms with Gasteiger partial charge in [0.1, 0.15) is 35.8 Å². The molecule has 0 fully saturated rings. The molecule has 3 rings (SSSR count). The third-order valence-electron chi connectivity index (χ3n) is 4.22. The first-order valence-corrected chi connectivity index (χ1v) is 8.91. The monoisotopic (exact) mass is 449 g/mol. The van der Waals surface area contributed by atoms with Crippen LogP contribution in [0.2, 0.25) is 0 Å². The van der Waals surface area contributed by atoms with Gasteiger partial charge in [0.15, 0.2) is 0 Å². The van der Waals surface area contributed by atoms with Crippen molar-refractivity contribution in [3.05, 3.63) is 47.7 Å². The normalized spacial score (nSPS) is 10.8. The second-order valence-electron chi connectivity index (χ2n) is 6.37. The average molecular weight is 449 g/mol. The number of hydrogen-bond donors (Lipinski definition) is 1. The summed E-state index contributed by atoms with van der Waals surface area (Å²) < 4.78 is 65.3. The van der Waals surface area contributed by atoms with Gasteiger partial charge in [0.05, 0.1) is 11.1 Å². The Labute approximate surface area is 179 Å². The molecule has 12 heteroatoms. The number of ether oxygens (including phenoxy) is 2. The number of nitrogens with zero attached hydrogens (tertiary/aromatic N) is 4. The van der Waals surface area contributed by atoms with Crippen molar-refractivity contribution in [1.29, 1.82) is 5.26 Å². The van der Waals surface area contributed by atoms with E-state index in [9.17, 15) is 22.4 Å². The molecule has 2 aromatic heterocycles. The van der Waals surface area contributed by atoms with Crippen molar-refractivity contribution in [1.82, 2.24) is 14.8 Å². The van der Waals surface area contributed by atoms with Crippen LogP contribution in [0.25, 0.3) is 22.4 Å². The van der Waals surface area contributed by atoms with Gasteiger partial charge in [0.25, 0.3) is 5.91 Å². The van der Waals surface area contributed by atoms with Crippen LogP contribution in [0.15, 0.2) is 30.5 Å². The number of methoxy groups -OCH3 is 1. The topological polar surface area (TPSA) is 102 Å². The Morgan fingerprint density at radius 1 is 1.28 bits per heavy atom. The molecule has 0 aliphatic carbocycles. The molecule has 0 spiro atoms. The zero-order valence-electron chi connectivity index (χ0n) is 16.7. The van der Waals surface area contributed by atoms with E-state index in [-0.39, 0.29) is 34.8 Å². The van der Waals surface area contributed by atoms with Crippen LogP contribution >= 0.6 is 0 Å². The van der Waals surface area contributed by atoms with Gasteiger partial charge < -0.3 is 14.8 Å². The summed E-state index contributed by atoms with van der Waals surface area (Å²) in [6.45, 7) is -3.48. The number of anilines is 1. The Balaban J connectivity index is 2.20. The molecule has 1 N–H and O–H groups in total. The number of carbonyl (C=O) groups excluding carboxylic acids is 1. The van der Waals surface area contributed by atoms with Crippen LogP contribution in [-0.2, 0) is 16.6 Å². The van der Waals surface area contributed by atoms with Crippen LogP contribution in [-0.4, -0.2) is 41.0 Å². The largest absolute Gasteiger partial charge is 0.416 e. The maximum absolute atomic E-state index is 14.7. The Kier molecular flexibility index (Phi) is 6.70. The van der Waals surface area contributed by atoms with E-state index in [1.807, 2.05) is 0 Å². The standard InChI is InChI=1S/C20H15F4N5O3/c1-29-19(32-20(23)24)17(10-3-4-26-15(6-10)27-16(30)9-31-2)18(28-29)12-7-13(21)11(8-25)5-14(12)22/h3-7,20H,9H2,1-2H3,(H,26,27,30). The first-order chi connectivity index (χ1) is 15.2. The van der Waals surface area contributed by atoms with Crippen molar-refractivity contribution in [2.75, 3.05) is 19.0 Å². The van der Waals surface area contributed by atoms with E-state index in [1.54, 1.807) is 0 Å². The molecule has 0 aliphatic heterocycles. The van der Waals surface area contributed by atoms with Crippen LogP contribution in [0.5, 0.6) is 5.88 Å². The van der Waals surface area contributed by atoms with Gasteiger partial charge in [-0.25, -0.2) is 18.4 Å². The van der Waals surface area contributed by atoms with E-state index in [1.165, 1.54) is 38.6 Å². The molecule has 0 saturated carbocycles. The number of benzene rings is 1. The Morgan fingerprint density at radius 3 is 2.69 bits per heavy atom. The fraction of sp³-hybridized carbons (Fsp3) is 0.200. The highest BCUT2D eigenvalue weighted by molar-refractivity contribution is 5.92. The lowest BCUT2D eigenvalue weighted by molar-refractivity contribution is -0.119. The molecular formula is C20H15F4N5O3. The third kappa shape index (κ3) is 4.68. The van der Waals surface area contributed by atoms with Crippen LogP contribution in [0, 0.1) is 23.0 Å². The molecule has 0 aliphatic rings. The summed E-state index contributed by atoms with van der Waals surface area (Å²) >= 11 is 0. The van der Waals surface area contributed by atoms with Crippen molar-refractivity contribution in [2.45, 2.75) is 6.61 Å². The Hall–Kier alpha value is -3.98. The molecule has 0 bridgehead atoms. The zero-order valence-corrected chi connectivity index (χ0v) is 16.7. The SMILES string of the molecule is COCC(=O)Nc1cc(-c2c(-c3cc(F)c(C#N)cc3F)nn(C)c2OC(F)F)ccn1. The van der Waals surface area contributed by atoms with E-state index in [0.717, 1.165) is 10.7 Å². The van der Waals surface area contributed by atoms with Crippen LogP contribution in [0.1, 0.15) is 5.56 Å². The summed E-state index contributed by atoms with van der Waals surface area (Å²) in [4.78, 5) is 15.7. The summed E-state index contributed by atoms with van der Waals surface area (Å²) in [7, 11) is 2.61. The molecule has 0 unspecified atom stereocenters. The highest BCUT2D eigenvalue weighted by Gasteiger charge is 2.26. The number of rotatable bonds is 7. The summed E-state index contributed by atoms with van der Waals surface area (Å²) in [6, 6.07) is 5.66. The molecule has 0 radical (unpaired) electrons. The minimum atomic E-state index is -3.23. The number of amides is 1. The Bertz CT molecular complexity index is 1210. The lowest BCUT2D eigenvalue weighted by Crippen LogP contribution is -2.17. The molecule has 0 atom stereocenters. The molecule has 0 saturated heterocycles. The maximum Gasteiger partial charge on any atom is 0.388 e. The van der Waals surface area contributed by atoms with Gasteiger partial charge in [-0.05, 0) is 29.8 Å². The van der Waals surface area contributed by atoms with E-state index in [0.29, 0.717) is 6.07 Å². The smallest absolute Gasteiger partial charge is 0.388 e. The zero-order chi connectivity index (χ0) is 23.4. The first-order valence-electron chi connectivity index (χ1n) is 8.91. The average Bonchev–Trinajstić information content (AvgIpc) is 3.05. The van der Waals surface area contributed by atoms with Crippen molar-refractivity contribution in [3.8, 4) is 34.3 Å². The number of halogens is 4. The molecule has 3 aromatic rings. The number of hydrogen-bond acceptors (Lipinski definition) is 6. The van der Waals surface area contributed by atoms with Crippen molar-refractivity contribution in [2.24, 2.45) is 7.05 Å². The maximum atomic E-state index is 14.7. The lowest BCUT2D eigenvalue weighted by atomic mass is 10.00. The fourth-order valence-corrected chi connectivity index (χ4v) is 2.96. The summed E-state index contributed by atoms with van der Waals surface area (Å²) in [5.41, 5.74) is -1.04. The predicted octanol–water partition coefficient (Wildman–Crippen LogP) is 3.49. The van der Waals surface area contributed by atoms with Gasteiger partial charge >= 0.3 is 6.61 Å². The molecular weight excluding hydrogens is 434 g/mol. The summed E-state index contributed by atoms with van der Waals surface area (Å²) in [5, 5.41) is 15.4. The first kappa shape index (κ1) is 22.7. The number of alkyl halides is 2. The highest BCUT2D eigenvalue weighted by atomic mass is 19.3. The lowest BCUT2D eigenvalue weighted by Gasteiger charge is -2.11. The van der Waals surface area contributed by atoms with Crippen LogP contribution in [0.3, 0.4) is 0 Å². The minimum absolute atomic E-state index is 0.0498. The van der Waals surface area contributed by atoms with Crippen LogP contribution < -0.4 is 10.1 Å². The second-order valence-corrected chi connectivity index (χ2v) is 6.37. The molecule has 166 valence electrons. The van der Waals surface area contributed by atoms with E-state index in [4.69, 9.17) is 10.00 Å². The fourth-order valence-electron chi connectivity index (χ4n) is 2.96. The molecule has 8 nitrogen and oxygen atoms in total. The quantitative estimate of drug-likeness (QED) is 0.554. The summed E-state index contributed by atoms with van der Waals surface area (Å²) in [5.74, 6) is -2.91. The number of nitriles is 1. The van der Waals surface area contributed by atoms with E-state index >= 15 is 0 Å². The van der Waals surface area contributed by atoms with E-state index in [2.05, 4.69) is 20.1 Å². The van der Waals surface area contributed by atoms with Gasteiger partial charge in [-0.1, -0.05) is 0 Å². The van der Waals surface area contributed by atoms with Gasteiger partial charge in [-0.3, -0.25) is 4.79 Å². The van der Waals surface area contributed by atoms with Gasteiger partial charge in [-0.15, -0.1) is 0 Å². The van der Waals surface area contributed by atoms with Crippen molar-refractivity contribution in [3.63, 3.8) is 0 Å². The minimum Gasteiger partial charge on any atom is -0.416 e. The van der Waals surface area contributed by atoms with E-state index < -0.39 is 35.6 Å². The molecule has 1 amide bonds. The van der Waals surface area contributed by atoms with Gasteiger partial charge in [0.2, 0.25) is 5.88 Å². The summed E-state index contributed by atoms with van der Waals surface area (Å²) in [6.07, 6.45) is 1.27. The predicted molar refractivity (Wildman–Crippen MR) is 104 cm³/mol. The van der Waals surface area contributed by atoms with Gasteiger partial charge in [-0.2, -0.15) is 19.1 Å². The second kappa shape index (κ2) is 9.44. The number of aryl methyl sites for hydroxylation is 1. The third-order valence-corrected chi connectivity index (χ3v) is 4.22. The Morgan fingerprint density at radius 2 is 2.03 bits per heavy atom. The van der Waals surface area contributed by atoms with Crippen molar-refractivity contribution >= 4 is 11.7 Å². The van der Waals surface area contributed by atoms with Gasteiger partial charge in [0, 0.05) is 25.9 Å². The van der Waals surface area contributed by atoms with Crippen LogP contribution in [0.4, 0.5) is 23.4 Å². The number of aromatic nitrogens is 3. The molecule has 32 heavy (non-hydrogen) atoms. The number of pyridine rings is 1. The number of nitrogens with one attached hydrogen (secondary N) is 1. The molecule has 1 aromatic carbocycles. The van der Waals surface area contributed by atoms with Crippen molar-refractivity contribution < 1.29 is 31.8 Å². The highest BCUT2D eigenvalue weighted by Crippen LogP contribution is 2.41. The molecule has 2 heterocycles.